The summed E-state index contributed by atoms with van der Waals surface area (Å²) < 4.78 is 5.69. The molecule has 0 saturated carbocycles. The third-order valence-corrected chi connectivity index (χ3v) is 4.56. The molecule has 1 saturated heterocycles. The second-order valence-electron chi connectivity index (χ2n) is 4.17. The first-order chi connectivity index (χ1) is 8.63. The average Bonchev–Trinajstić information content (AvgIpc) is 2.83. The summed E-state index contributed by atoms with van der Waals surface area (Å²) in [5, 5.41) is 1.80. The maximum absolute atomic E-state index is 12.3. The molecule has 1 atom stereocenters. The zero-order chi connectivity index (χ0) is 13.1. The van der Waals surface area contributed by atoms with E-state index in [1.165, 1.54) is 18.4 Å². The van der Waals surface area contributed by atoms with Gasteiger partial charge in [0.05, 0.1) is 16.5 Å². The van der Waals surface area contributed by atoms with Gasteiger partial charge in [-0.1, -0.05) is 0 Å². The molecule has 1 amide bonds. The van der Waals surface area contributed by atoms with E-state index in [0.717, 1.165) is 16.6 Å². The first-order valence-corrected chi connectivity index (χ1v) is 7.43. The average molecular weight is 332 g/mol. The molecule has 0 aliphatic carbocycles. The lowest BCUT2D eigenvalue weighted by molar-refractivity contribution is -0.147. The number of rotatable bonds is 2. The monoisotopic (exact) mass is 331 g/mol. The first-order valence-electron chi connectivity index (χ1n) is 5.76. The van der Waals surface area contributed by atoms with Crippen LogP contribution in [0.4, 0.5) is 0 Å². The third-order valence-electron chi connectivity index (χ3n) is 3.05. The van der Waals surface area contributed by atoms with Crippen LogP contribution in [0.2, 0.25) is 0 Å². The highest BCUT2D eigenvalue weighted by Crippen LogP contribution is 2.25. The zero-order valence-electron chi connectivity index (χ0n) is 10.0. The van der Waals surface area contributed by atoms with Crippen molar-refractivity contribution in [3.63, 3.8) is 0 Å². The van der Waals surface area contributed by atoms with Crippen molar-refractivity contribution in [2.24, 2.45) is 0 Å². The topological polar surface area (TPSA) is 46.6 Å². The second kappa shape index (κ2) is 5.84. The molecule has 1 aliphatic heterocycles. The minimum absolute atomic E-state index is 0.0907. The van der Waals surface area contributed by atoms with Crippen LogP contribution in [0.1, 0.15) is 29.6 Å². The maximum Gasteiger partial charge on any atom is 0.328 e. The number of piperidine rings is 1. The van der Waals surface area contributed by atoms with Gasteiger partial charge in [-0.25, -0.2) is 4.79 Å². The van der Waals surface area contributed by atoms with E-state index in [2.05, 4.69) is 15.9 Å². The van der Waals surface area contributed by atoms with Gasteiger partial charge in [-0.05, 0) is 41.3 Å². The van der Waals surface area contributed by atoms with E-state index < -0.39 is 6.04 Å². The van der Waals surface area contributed by atoms with Gasteiger partial charge >= 0.3 is 5.97 Å². The van der Waals surface area contributed by atoms with Crippen molar-refractivity contribution < 1.29 is 14.3 Å². The predicted molar refractivity (Wildman–Crippen MR) is 72.7 cm³/mol. The lowest BCUT2D eigenvalue weighted by Crippen LogP contribution is -2.48. The van der Waals surface area contributed by atoms with Gasteiger partial charge in [0, 0.05) is 11.9 Å². The zero-order valence-corrected chi connectivity index (χ0v) is 12.4. The van der Waals surface area contributed by atoms with Crippen molar-refractivity contribution in [3.05, 3.63) is 20.8 Å². The molecular weight excluding hydrogens is 318 g/mol. The quantitative estimate of drug-likeness (QED) is 0.783. The normalized spacial score (nSPS) is 19.7. The number of hydrogen-bond acceptors (Lipinski definition) is 4. The van der Waals surface area contributed by atoms with E-state index >= 15 is 0 Å². The smallest absolute Gasteiger partial charge is 0.328 e. The molecule has 2 rings (SSSR count). The molecule has 18 heavy (non-hydrogen) atoms. The molecule has 0 radical (unpaired) electrons. The van der Waals surface area contributed by atoms with Crippen molar-refractivity contribution in [1.29, 1.82) is 0 Å². The van der Waals surface area contributed by atoms with Crippen molar-refractivity contribution in [2.75, 3.05) is 13.7 Å². The standard InChI is InChI=1S/C12H14BrNO3S/c1-17-12(16)9-4-2-3-5-14(9)11(15)8-6-10(13)18-7-8/h6-7,9H,2-5H2,1H3. The Morgan fingerprint density at radius 3 is 2.89 bits per heavy atom. The van der Waals surface area contributed by atoms with Crippen LogP contribution >= 0.6 is 27.3 Å². The first kappa shape index (κ1) is 13.5. The molecular formula is C12H14BrNO3S. The molecule has 1 aromatic heterocycles. The SMILES string of the molecule is COC(=O)C1CCCCN1C(=O)c1csc(Br)c1. The molecule has 0 bridgehead atoms. The summed E-state index contributed by atoms with van der Waals surface area (Å²) in [6, 6.07) is 1.35. The van der Waals surface area contributed by atoms with Crippen LogP contribution in [0.15, 0.2) is 15.2 Å². The van der Waals surface area contributed by atoms with Crippen LogP contribution in [0.25, 0.3) is 0 Å². The van der Waals surface area contributed by atoms with Gasteiger partial charge in [-0.3, -0.25) is 4.79 Å². The van der Waals surface area contributed by atoms with Crippen LogP contribution in [0.3, 0.4) is 0 Å². The summed E-state index contributed by atoms with van der Waals surface area (Å²) in [7, 11) is 1.36. The number of esters is 1. The molecule has 1 aromatic rings. The van der Waals surface area contributed by atoms with Crippen LogP contribution < -0.4 is 0 Å². The molecule has 6 heteroatoms. The largest absolute Gasteiger partial charge is 0.467 e. The van der Waals surface area contributed by atoms with Gasteiger partial charge < -0.3 is 9.64 Å². The number of nitrogens with zero attached hydrogens (tertiary/aromatic N) is 1. The van der Waals surface area contributed by atoms with Crippen LogP contribution in [-0.4, -0.2) is 36.5 Å². The summed E-state index contributed by atoms with van der Waals surface area (Å²) in [5.74, 6) is -0.413. The number of likely N-dealkylation sites (tertiary alicyclic amines) is 1. The minimum Gasteiger partial charge on any atom is -0.467 e. The molecule has 1 aliphatic rings. The summed E-state index contributed by atoms with van der Waals surface area (Å²) in [4.78, 5) is 25.7. The van der Waals surface area contributed by atoms with E-state index in [1.807, 2.05) is 0 Å². The summed E-state index contributed by atoms with van der Waals surface area (Å²) in [6.45, 7) is 0.617. The minimum atomic E-state index is -0.435. The van der Waals surface area contributed by atoms with Crippen LogP contribution in [-0.2, 0) is 9.53 Å². The number of amides is 1. The van der Waals surface area contributed by atoms with E-state index in [0.29, 0.717) is 18.5 Å². The van der Waals surface area contributed by atoms with Gasteiger partial charge in [-0.15, -0.1) is 11.3 Å². The van der Waals surface area contributed by atoms with Crippen molar-refractivity contribution in [3.8, 4) is 0 Å². The lowest BCUT2D eigenvalue weighted by Gasteiger charge is -2.33. The predicted octanol–water partition coefficient (Wildman–Crippen LogP) is 2.68. The third kappa shape index (κ3) is 2.75. The van der Waals surface area contributed by atoms with Crippen molar-refractivity contribution in [2.45, 2.75) is 25.3 Å². The second-order valence-corrected chi connectivity index (χ2v) is 6.46. The summed E-state index contributed by atoms with van der Waals surface area (Å²) in [6.07, 6.45) is 2.57. The molecule has 0 spiro atoms. The van der Waals surface area contributed by atoms with E-state index in [9.17, 15) is 9.59 Å². The molecule has 0 N–H and O–H groups in total. The van der Waals surface area contributed by atoms with Gasteiger partial charge in [0.25, 0.3) is 5.91 Å². The fourth-order valence-corrected chi connectivity index (χ4v) is 3.27. The van der Waals surface area contributed by atoms with Crippen molar-refractivity contribution >= 4 is 39.1 Å². The Labute approximate surface area is 118 Å². The number of thiophene rings is 1. The summed E-state index contributed by atoms with van der Waals surface area (Å²) in [5.41, 5.74) is 0.627. The fourth-order valence-electron chi connectivity index (χ4n) is 2.14. The van der Waals surface area contributed by atoms with Gasteiger partial charge in [-0.2, -0.15) is 0 Å². The van der Waals surface area contributed by atoms with Gasteiger partial charge in [0.1, 0.15) is 6.04 Å². The number of carbonyl (C=O) groups is 2. The highest BCUT2D eigenvalue weighted by atomic mass is 79.9. The number of methoxy groups -OCH3 is 1. The van der Waals surface area contributed by atoms with Gasteiger partial charge in [0.2, 0.25) is 0 Å². The summed E-state index contributed by atoms with van der Waals surface area (Å²) >= 11 is 4.80. The van der Waals surface area contributed by atoms with Crippen molar-refractivity contribution in [1.82, 2.24) is 4.90 Å². The molecule has 0 aromatic carbocycles. The van der Waals surface area contributed by atoms with E-state index in [4.69, 9.17) is 4.74 Å². The number of hydrogen-bond donors (Lipinski definition) is 0. The highest BCUT2D eigenvalue weighted by Gasteiger charge is 2.33. The van der Waals surface area contributed by atoms with Crippen LogP contribution in [0.5, 0.6) is 0 Å². The lowest BCUT2D eigenvalue weighted by atomic mass is 10.0. The Morgan fingerprint density at radius 2 is 2.28 bits per heavy atom. The Morgan fingerprint density at radius 1 is 1.50 bits per heavy atom. The number of carbonyl (C=O) groups excluding carboxylic acids is 2. The maximum atomic E-state index is 12.3. The Kier molecular flexibility index (Phi) is 4.40. The molecule has 1 fully saturated rings. The van der Waals surface area contributed by atoms with E-state index in [1.54, 1.807) is 16.3 Å². The molecule has 4 nitrogen and oxygen atoms in total. The molecule has 2 heterocycles. The highest BCUT2D eigenvalue weighted by molar-refractivity contribution is 9.11. The Bertz CT molecular complexity index is 460. The van der Waals surface area contributed by atoms with Crippen LogP contribution in [0, 0.1) is 0 Å². The molecule has 98 valence electrons. The number of halogens is 1. The number of ether oxygens (including phenoxy) is 1. The van der Waals surface area contributed by atoms with E-state index in [-0.39, 0.29) is 11.9 Å². The fraction of sp³-hybridized carbons (Fsp3) is 0.500. The Balaban J connectivity index is 2.18. The Hall–Kier alpha value is -0.880. The van der Waals surface area contributed by atoms with Gasteiger partial charge in [0.15, 0.2) is 0 Å². The molecule has 1 unspecified atom stereocenters.